The highest BCUT2D eigenvalue weighted by atomic mass is 32.2. The number of fused-ring (bicyclic) bond motifs is 1. The molecule has 2 aromatic rings. The van der Waals surface area contributed by atoms with E-state index in [1.807, 2.05) is 4.40 Å². The van der Waals surface area contributed by atoms with Crippen LogP contribution in [-0.4, -0.2) is 40.4 Å². The minimum atomic E-state index is -2.84. The van der Waals surface area contributed by atoms with E-state index in [1.54, 1.807) is 24.5 Å². The van der Waals surface area contributed by atoms with E-state index in [1.165, 1.54) is 0 Å². The van der Waals surface area contributed by atoms with Crippen molar-refractivity contribution in [2.75, 3.05) is 11.5 Å². The zero-order valence-corrected chi connectivity index (χ0v) is 12.2. The summed E-state index contributed by atoms with van der Waals surface area (Å²) in [7, 11) is -2.84. The molecule has 0 spiro atoms. The van der Waals surface area contributed by atoms with Crippen molar-refractivity contribution in [2.45, 2.75) is 19.3 Å². The molecule has 1 saturated heterocycles. The largest absolute Gasteiger partial charge is 0.478 e. The first kappa shape index (κ1) is 14.1. The third-order valence-corrected chi connectivity index (χ3v) is 5.72. The van der Waals surface area contributed by atoms with E-state index in [4.69, 9.17) is 5.11 Å². The number of rotatable bonds is 3. The first-order chi connectivity index (χ1) is 9.94. The number of nitrogens with zero attached hydrogens (tertiary/aromatic N) is 2. The third kappa shape index (κ3) is 2.92. The van der Waals surface area contributed by atoms with Crippen LogP contribution in [0.15, 0.2) is 24.5 Å². The molecule has 0 atom stereocenters. The molecule has 1 aliphatic heterocycles. The van der Waals surface area contributed by atoms with E-state index in [9.17, 15) is 13.2 Å². The second-order valence-electron chi connectivity index (χ2n) is 5.49. The Labute approximate surface area is 122 Å². The van der Waals surface area contributed by atoms with Crippen LogP contribution in [0.5, 0.6) is 0 Å². The third-order valence-electron chi connectivity index (χ3n) is 4.00. The topological polar surface area (TPSA) is 88.7 Å². The predicted molar refractivity (Wildman–Crippen MR) is 77.2 cm³/mol. The van der Waals surface area contributed by atoms with Gasteiger partial charge in [-0.25, -0.2) is 18.2 Å². The summed E-state index contributed by atoms with van der Waals surface area (Å²) in [6, 6.07) is 3.13. The lowest BCUT2D eigenvalue weighted by Gasteiger charge is -2.21. The highest BCUT2D eigenvalue weighted by molar-refractivity contribution is 7.91. The van der Waals surface area contributed by atoms with Crippen LogP contribution in [0, 0.1) is 5.92 Å². The first-order valence-corrected chi connectivity index (χ1v) is 8.66. The van der Waals surface area contributed by atoms with Gasteiger partial charge >= 0.3 is 5.97 Å². The first-order valence-electron chi connectivity index (χ1n) is 6.84. The van der Waals surface area contributed by atoms with Gasteiger partial charge in [-0.1, -0.05) is 0 Å². The fraction of sp³-hybridized carbons (Fsp3) is 0.429. The monoisotopic (exact) mass is 308 g/mol. The molecule has 3 rings (SSSR count). The highest BCUT2D eigenvalue weighted by Crippen LogP contribution is 2.23. The molecule has 0 radical (unpaired) electrons. The average Bonchev–Trinajstić information content (AvgIpc) is 2.83. The summed E-state index contributed by atoms with van der Waals surface area (Å²) in [5.41, 5.74) is 0.978. The summed E-state index contributed by atoms with van der Waals surface area (Å²) in [6.45, 7) is 0. The Balaban J connectivity index is 1.80. The summed E-state index contributed by atoms with van der Waals surface area (Å²) >= 11 is 0. The maximum atomic E-state index is 11.4. The average molecular weight is 308 g/mol. The zero-order chi connectivity index (χ0) is 15.0. The van der Waals surface area contributed by atoms with Crippen LogP contribution in [0.4, 0.5) is 0 Å². The summed E-state index contributed by atoms with van der Waals surface area (Å²) in [4.78, 5) is 15.3. The molecule has 0 amide bonds. The zero-order valence-electron chi connectivity index (χ0n) is 11.4. The molecule has 2 aromatic heterocycles. The number of hydrogen-bond donors (Lipinski definition) is 1. The molecular formula is C14H16N2O4S. The van der Waals surface area contributed by atoms with Gasteiger partial charge in [-0.3, -0.25) is 0 Å². The molecule has 6 nitrogen and oxygen atoms in total. The van der Waals surface area contributed by atoms with Crippen molar-refractivity contribution in [1.29, 1.82) is 0 Å². The molecular weight excluding hydrogens is 292 g/mol. The lowest BCUT2D eigenvalue weighted by atomic mass is 9.98. The van der Waals surface area contributed by atoms with E-state index in [-0.39, 0.29) is 17.1 Å². The molecule has 0 saturated carbocycles. The maximum Gasteiger partial charge on any atom is 0.335 e. The number of pyridine rings is 1. The Hall–Kier alpha value is -1.89. The number of carboxylic acids is 1. The van der Waals surface area contributed by atoms with Gasteiger partial charge in [-0.15, -0.1) is 0 Å². The normalized spacial score (nSPS) is 18.9. The quantitative estimate of drug-likeness (QED) is 0.926. The van der Waals surface area contributed by atoms with Crippen molar-refractivity contribution in [3.05, 3.63) is 35.9 Å². The lowest BCUT2D eigenvalue weighted by Crippen LogP contribution is -2.25. The molecule has 3 heterocycles. The van der Waals surface area contributed by atoms with Gasteiger partial charge in [0.15, 0.2) is 0 Å². The number of carbonyl (C=O) groups is 1. The van der Waals surface area contributed by atoms with Gasteiger partial charge in [-0.05, 0) is 30.9 Å². The molecule has 1 aliphatic rings. The van der Waals surface area contributed by atoms with E-state index in [0.29, 0.717) is 18.8 Å². The van der Waals surface area contributed by atoms with Crippen LogP contribution in [0.1, 0.15) is 29.0 Å². The SMILES string of the molecule is O=C(O)c1ccn2c(CC3CCS(=O)(=O)CC3)ncc2c1. The molecule has 0 unspecified atom stereocenters. The molecule has 7 heteroatoms. The Bertz CT molecular complexity index is 780. The van der Waals surface area contributed by atoms with Crippen molar-refractivity contribution < 1.29 is 18.3 Å². The standard InChI is InChI=1S/C14H16N2O4S/c17-14(18)11-1-4-16-12(8-11)9-15-13(16)7-10-2-5-21(19,20)6-3-10/h1,4,8-10H,2-3,5-7H2,(H,17,18). The Kier molecular flexibility index (Phi) is 3.44. The van der Waals surface area contributed by atoms with Crippen LogP contribution in [0.2, 0.25) is 0 Å². The van der Waals surface area contributed by atoms with Crippen molar-refractivity contribution in [3.8, 4) is 0 Å². The van der Waals surface area contributed by atoms with Crippen LogP contribution in [-0.2, 0) is 16.3 Å². The summed E-state index contributed by atoms with van der Waals surface area (Å²) in [5, 5.41) is 8.97. The second kappa shape index (κ2) is 5.14. The fourth-order valence-corrected chi connectivity index (χ4v) is 4.33. The lowest BCUT2D eigenvalue weighted by molar-refractivity contribution is 0.0697. The van der Waals surface area contributed by atoms with Crippen molar-refractivity contribution in [1.82, 2.24) is 9.38 Å². The predicted octanol–water partition coefficient (Wildman–Crippen LogP) is 1.40. The van der Waals surface area contributed by atoms with Crippen LogP contribution < -0.4 is 0 Å². The van der Waals surface area contributed by atoms with E-state index in [2.05, 4.69) is 4.98 Å². The van der Waals surface area contributed by atoms with Crippen molar-refractivity contribution in [3.63, 3.8) is 0 Å². The van der Waals surface area contributed by atoms with E-state index < -0.39 is 15.8 Å². The number of sulfone groups is 1. The molecule has 0 aromatic carbocycles. The Morgan fingerprint density at radius 2 is 2.10 bits per heavy atom. The summed E-state index contributed by atoms with van der Waals surface area (Å²) in [5.74, 6) is 0.719. The number of imidazole rings is 1. The number of aromatic nitrogens is 2. The number of aromatic carboxylic acids is 1. The minimum absolute atomic E-state index is 0.234. The summed E-state index contributed by atoms with van der Waals surface area (Å²) < 4.78 is 24.7. The summed E-state index contributed by atoms with van der Waals surface area (Å²) in [6.07, 6.45) is 5.42. The molecule has 1 fully saturated rings. The van der Waals surface area contributed by atoms with Gasteiger partial charge < -0.3 is 9.51 Å². The number of carboxylic acid groups (broad SMARTS) is 1. The fourth-order valence-electron chi connectivity index (χ4n) is 2.74. The van der Waals surface area contributed by atoms with Crippen LogP contribution >= 0.6 is 0 Å². The van der Waals surface area contributed by atoms with Crippen LogP contribution in [0.3, 0.4) is 0 Å². The van der Waals surface area contributed by atoms with E-state index >= 15 is 0 Å². The molecule has 112 valence electrons. The van der Waals surface area contributed by atoms with Gasteiger partial charge in [0.05, 0.1) is 28.8 Å². The highest BCUT2D eigenvalue weighted by Gasteiger charge is 2.24. The maximum absolute atomic E-state index is 11.4. The van der Waals surface area contributed by atoms with Gasteiger partial charge in [-0.2, -0.15) is 0 Å². The molecule has 1 N–H and O–H groups in total. The van der Waals surface area contributed by atoms with E-state index in [0.717, 1.165) is 17.8 Å². The molecule has 21 heavy (non-hydrogen) atoms. The second-order valence-corrected chi connectivity index (χ2v) is 7.79. The minimum Gasteiger partial charge on any atom is -0.478 e. The smallest absolute Gasteiger partial charge is 0.335 e. The molecule has 0 aliphatic carbocycles. The Morgan fingerprint density at radius 1 is 1.38 bits per heavy atom. The molecule has 0 bridgehead atoms. The van der Waals surface area contributed by atoms with Gasteiger partial charge in [0.2, 0.25) is 0 Å². The van der Waals surface area contributed by atoms with Gasteiger partial charge in [0.1, 0.15) is 15.7 Å². The number of hydrogen-bond acceptors (Lipinski definition) is 4. The van der Waals surface area contributed by atoms with Crippen LogP contribution in [0.25, 0.3) is 5.52 Å². The van der Waals surface area contributed by atoms with Crippen molar-refractivity contribution >= 4 is 21.3 Å². The van der Waals surface area contributed by atoms with Gasteiger partial charge in [0, 0.05) is 12.6 Å². The Morgan fingerprint density at radius 3 is 2.76 bits per heavy atom. The van der Waals surface area contributed by atoms with Crippen molar-refractivity contribution in [2.24, 2.45) is 5.92 Å². The van der Waals surface area contributed by atoms with Gasteiger partial charge in [0.25, 0.3) is 0 Å².